The van der Waals surface area contributed by atoms with Crippen LogP contribution in [0.5, 0.6) is 0 Å². The van der Waals surface area contributed by atoms with Crippen LogP contribution in [0.15, 0.2) is 48.5 Å². The molecule has 3 nitrogen and oxygen atoms in total. The second-order valence-corrected chi connectivity index (χ2v) is 6.12. The quantitative estimate of drug-likeness (QED) is 0.826. The number of hydrogen-bond acceptors (Lipinski definition) is 2. The summed E-state index contributed by atoms with van der Waals surface area (Å²) in [6.07, 6.45) is 3.16. The number of carbonyl (C=O) groups excluding carboxylic acids is 1. The third kappa shape index (κ3) is 4.01. The summed E-state index contributed by atoms with van der Waals surface area (Å²) >= 11 is 0. The van der Waals surface area contributed by atoms with Gasteiger partial charge in [-0.15, -0.1) is 0 Å². The number of halogens is 1. The molecule has 0 radical (unpaired) electrons. The van der Waals surface area contributed by atoms with Crippen molar-refractivity contribution in [3.8, 4) is 0 Å². The van der Waals surface area contributed by atoms with Gasteiger partial charge in [-0.1, -0.05) is 36.4 Å². The van der Waals surface area contributed by atoms with Crippen molar-refractivity contribution in [2.24, 2.45) is 0 Å². The number of carbonyl (C=O) groups is 1. The molecule has 1 N–H and O–H groups in total. The van der Waals surface area contributed by atoms with E-state index in [1.807, 2.05) is 29.2 Å². The largest absolute Gasteiger partial charge is 0.316 e. The number of amides is 1. The van der Waals surface area contributed by atoms with Crippen LogP contribution in [-0.4, -0.2) is 25.5 Å². The number of para-hydroxylation sites is 1. The van der Waals surface area contributed by atoms with Gasteiger partial charge in [0.1, 0.15) is 5.82 Å². The summed E-state index contributed by atoms with van der Waals surface area (Å²) < 4.78 is 13.5. The van der Waals surface area contributed by atoms with Crippen molar-refractivity contribution < 1.29 is 9.18 Å². The fraction of sp³-hybridized carbons (Fsp3) is 0.350. The maximum absolute atomic E-state index is 13.5. The smallest absolute Gasteiger partial charge is 0.228 e. The second kappa shape index (κ2) is 8.06. The van der Waals surface area contributed by atoms with E-state index in [-0.39, 0.29) is 11.7 Å². The predicted molar refractivity (Wildman–Crippen MR) is 94.7 cm³/mol. The van der Waals surface area contributed by atoms with Crippen molar-refractivity contribution in [3.05, 3.63) is 65.5 Å². The monoisotopic (exact) mass is 326 g/mol. The Balaban J connectivity index is 1.44. The van der Waals surface area contributed by atoms with Crippen LogP contribution in [0.3, 0.4) is 0 Å². The summed E-state index contributed by atoms with van der Waals surface area (Å²) in [4.78, 5) is 14.4. The van der Waals surface area contributed by atoms with E-state index in [1.54, 1.807) is 12.1 Å². The van der Waals surface area contributed by atoms with Gasteiger partial charge >= 0.3 is 0 Å². The summed E-state index contributed by atoms with van der Waals surface area (Å²) in [5, 5.41) is 3.24. The van der Waals surface area contributed by atoms with E-state index in [1.165, 1.54) is 11.6 Å². The number of benzene rings is 2. The van der Waals surface area contributed by atoms with E-state index in [9.17, 15) is 9.18 Å². The molecule has 0 fully saturated rings. The number of hydrogen-bond donors (Lipinski definition) is 1. The Bertz CT molecular complexity index is 702. The Labute approximate surface area is 142 Å². The van der Waals surface area contributed by atoms with Gasteiger partial charge in [-0.3, -0.25) is 4.79 Å². The molecule has 3 rings (SSSR count). The van der Waals surface area contributed by atoms with Crippen LogP contribution < -0.4 is 10.2 Å². The SMILES string of the molecule is O=C(CCNCCc1ccccc1F)N1CCCc2ccccc21. The fourth-order valence-corrected chi connectivity index (χ4v) is 3.17. The summed E-state index contributed by atoms with van der Waals surface area (Å²) in [6, 6.07) is 14.9. The third-order valence-electron chi connectivity index (χ3n) is 4.46. The van der Waals surface area contributed by atoms with Crippen LogP contribution in [0.2, 0.25) is 0 Å². The second-order valence-electron chi connectivity index (χ2n) is 6.12. The van der Waals surface area contributed by atoms with Crippen molar-refractivity contribution in [3.63, 3.8) is 0 Å². The molecule has 1 aliphatic heterocycles. The number of nitrogens with zero attached hydrogens (tertiary/aromatic N) is 1. The Kier molecular flexibility index (Phi) is 5.59. The molecule has 24 heavy (non-hydrogen) atoms. The van der Waals surface area contributed by atoms with Crippen molar-refractivity contribution in [1.29, 1.82) is 0 Å². The standard InChI is InChI=1S/C20H23FN2O/c21-18-9-3-1-6-16(18)11-13-22-14-12-20(24)23-15-5-8-17-7-2-4-10-19(17)23/h1-4,6-7,9-10,22H,5,8,11-15H2. The average molecular weight is 326 g/mol. The zero-order valence-electron chi connectivity index (χ0n) is 13.8. The molecule has 0 saturated heterocycles. The van der Waals surface area contributed by atoms with Gasteiger partial charge < -0.3 is 10.2 Å². The van der Waals surface area contributed by atoms with Gasteiger partial charge in [0, 0.05) is 25.2 Å². The predicted octanol–water partition coefficient (Wildman–Crippen LogP) is 3.33. The fourth-order valence-electron chi connectivity index (χ4n) is 3.17. The molecule has 0 unspecified atom stereocenters. The highest BCUT2D eigenvalue weighted by molar-refractivity contribution is 5.94. The van der Waals surface area contributed by atoms with E-state index in [0.717, 1.165) is 25.1 Å². The van der Waals surface area contributed by atoms with Crippen molar-refractivity contribution >= 4 is 11.6 Å². The van der Waals surface area contributed by atoms with Crippen LogP contribution >= 0.6 is 0 Å². The average Bonchev–Trinajstić information content (AvgIpc) is 2.62. The molecular weight excluding hydrogens is 303 g/mol. The highest BCUT2D eigenvalue weighted by atomic mass is 19.1. The minimum atomic E-state index is -0.166. The lowest BCUT2D eigenvalue weighted by Crippen LogP contribution is -2.37. The van der Waals surface area contributed by atoms with Crippen LogP contribution in [0, 0.1) is 5.82 Å². The molecule has 0 spiro atoms. The van der Waals surface area contributed by atoms with Crippen LogP contribution in [0.1, 0.15) is 24.0 Å². The van der Waals surface area contributed by atoms with Crippen molar-refractivity contribution in [2.75, 3.05) is 24.5 Å². The Morgan fingerprint density at radius 3 is 2.75 bits per heavy atom. The molecular formula is C20H23FN2O. The third-order valence-corrected chi connectivity index (χ3v) is 4.46. The minimum absolute atomic E-state index is 0.153. The van der Waals surface area contributed by atoms with E-state index in [2.05, 4.69) is 11.4 Å². The van der Waals surface area contributed by atoms with Gasteiger partial charge in [-0.25, -0.2) is 4.39 Å². The zero-order chi connectivity index (χ0) is 16.8. The van der Waals surface area contributed by atoms with Crippen molar-refractivity contribution in [2.45, 2.75) is 25.7 Å². The lowest BCUT2D eigenvalue weighted by atomic mass is 10.0. The van der Waals surface area contributed by atoms with Gasteiger partial charge in [-0.2, -0.15) is 0 Å². The normalized spacial score (nSPS) is 13.6. The van der Waals surface area contributed by atoms with E-state index in [4.69, 9.17) is 0 Å². The number of aryl methyl sites for hydroxylation is 1. The van der Waals surface area contributed by atoms with Crippen LogP contribution in [-0.2, 0) is 17.6 Å². The summed E-state index contributed by atoms with van der Waals surface area (Å²) in [5.74, 6) is -0.0131. The number of fused-ring (bicyclic) bond motifs is 1. The maximum Gasteiger partial charge on any atom is 0.228 e. The van der Waals surface area contributed by atoms with Gasteiger partial charge in [0.2, 0.25) is 5.91 Å². The molecule has 126 valence electrons. The zero-order valence-corrected chi connectivity index (χ0v) is 13.8. The molecule has 2 aromatic rings. The Hall–Kier alpha value is -2.20. The minimum Gasteiger partial charge on any atom is -0.316 e. The van der Waals surface area contributed by atoms with Gasteiger partial charge in [0.25, 0.3) is 0 Å². The summed E-state index contributed by atoms with van der Waals surface area (Å²) in [6.45, 7) is 2.09. The van der Waals surface area contributed by atoms with Crippen LogP contribution in [0.4, 0.5) is 10.1 Å². The first kappa shape index (κ1) is 16.7. The molecule has 1 heterocycles. The number of rotatable bonds is 6. The lowest BCUT2D eigenvalue weighted by molar-refractivity contribution is -0.118. The van der Waals surface area contributed by atoms with Gasteiger partial charge in [0.15, 0.2) is 0 Å². The molecule has 0 bridgehead atoms. The number of anilines is 1. The Morgan fingerprint density at radius 2 is 1.88 bits per heavy atom. The Morgan fingerprint density at radius 1 is 1.08 bits per heavy atom. The van der Waals surface area contributed by atoms with Crippen LogP contribution in [0.25, 0.3) is 0 Å². The molecule has 4 heteroatoms. The van der Waals surface area contributed by atoms with Gasteiger partial charge in [-0.05, 0) is 49.1 Å². The highest BCUT2D eigenvalue weighted by Gasteiger charge is 2.21. The maximum atomic E-state index is 13.5. The molecule has 1 aliphatic rings. The summed E-state index contributed by atoms with van der Waals surface area (Å²) in [7, 11) is 0. The molecule has 2 aromatic carbocycles. The van der Waals surface area contributed by atoms with Gasteiger partial charge in [0.05, 0.1) is 0 Å². The van der Waals surface area contributed by atoms with E-state index in [0.29, 0.717) is 31.5 Å². The first-order valence-electron chi connectivity index (χ1n) is 8.58. The lowest BCUT2D eigenvalue weighted by Gasteiger charge is -2.29. The first-order valence-corrected chi connectivity index (χ1v) is 8.58. The highest BCUT2D eigenvalue weighted by Crippen LogP contribution is 2.26. The van der Waals surface area contributed by atoms with Crippen molar-refractivity contribution in [1.82, 2.24) is 5.32 Å². The molecule has 0 aliphatic carbocycles. The molecule has 0 aromatic heterocycles. The molecule has 0 saturated carbocycles. The first-order chi connectivity index (χ1) is 11.8. The van der Waals surface area contributed by atoms with E-state index < -0.39 is 0 Å². The van der Waals surface area contributed by atoms with E-state index >= 15 is 0 Å². The summed E-state index contributed by atoms with van der Waals surface area (Å²) in [5.41, 5.74) is 3.02. The number of nitrogens with one attached hydrogen (secondary N) is 1. The topological polar surface area (TPSA) is 32.3 Å². The molecule has 1 amide bonds. The molecule has 0 atom stereocenters.